The van der Waals surface area contributed by atoms with Gasteiger partial charge >= 0.3 is 39.6 Å². The maximum atomic E-state index is 4.65. The minimum absolute atomic E-state index is 0.502. The van der Waals surface area contributed by atoms with Crippen molar-refractivity contribution >= 4 is 56.2 Å². The fraction of sp³-hybridized carbons (Fsp3) is 0.444. The first-order valence-corrected chi connectivity index (χ1v) is 25.1. The average molecular weight is 811 g/mol. The van der Waals surface area contributed by atoms with Crippen molar-refractivity contribution in [2.45, 2.75) is 79.6 Å². The number of nitrogens with zero attached hydrogens (tertiary/aromatic N) is 4. The number of pyridine rings is 4. The molecule has 0 aliphatic heterocycles. The second kappa shape index (κ2) is 22.1. The SMILES string of the molecule is CC(C)C[Si](CC(C)C)c1ccc(-c2ccccn2)nc1.CC(C)C[Si](CC(C)C)c1ccc(-c2ccccn2)nc1.[Br][Fe][Br]. The molecule has 2 radical (unpaired) electrons. The third-order valence-electron chi connectivity index (χ3n) is 6.82. The fourth-order valence-corrected chi connectivity index (χ4v) is 11.5. The van der Waals surface area contributed by atoms with Crippen LogP contribution in [-0.2, 0) is 11.3 Å². The number of aromatic nitrogens is 4. The molecule has 4 nitrogen and oxygen atoms in total. The zero-order valence-corrected chi connectivity index (χ0v) is 34.4. The van der Waals surface area contributed by atoms with E-state index in [1.165, 1.54) is 34.5 Å². The predicted molar refractivity (Wildman–Crippen MR) is 202 cm³/mol. The van der Waals surface area contributed by atoms with Crippen molar-refractivity contribution < 1.29 is 11.3 Å². The molecule has 9 heteroatoms. The van der Waals surface area contributed by atoms with Gasteiger partial charge in [-0.05, 0) is 70.4 Å². The van der Waals surface area contributed by atoms with Crippen LogP contribution < -0.4 is 10.4 Å². The molecule has 0 atom stereocenters. The maximum absolute atomic E-state index is 4.65. The Balaban J connectivity index is 0.000000288. The molecule has 0 amide bonds. The van der Waals surface area contributed by atoms with E-state index in [1.54, 1.807) is 0 Å². The van der Waals surface area contributed by atoms with Crippen LogP contribution in [0.25, 0.3) is 22.8 Å². The summed E-state index contributed by atoms with van der Waals surface area (Å²) in [6.07, 6.45) is 7.81. The van der Waals surface area contributed by atoms with Crippen LogP contribution >= 0.6 is 28.2 Å². The van der Waals surface area contributed by atoms with Gasteiger partial charge in [-0.1, -0.05) is 104 Å². The standard InChI is InChI=1S/2C18H25N2Si.2BrH.Fe/c2*1-14(2)12-21(13-15(3)4)16-8-9-18(20-11-16)17-7-5-6-10-19-17;;;/h2*5-11,14-15H,12-13H2,1-4H3;2*1H;/q;;;;+2/p-2. The molecule has 4 rings (SSSR count). The van der Waals surface area contributed by atoms with E-state index in [9.17, 15) is 0 Å². The van der Waals surface area contributed by atoms with E-state index in [0.29, 0.717) is 0 Å². The van der Waals surface area contributed by atoms with E-state index < -0.39 is 17.6 Å². The van der Waals surface area contributed by atoms with Gasteiger partial charge in [0.2, 0.25) is 0 Å². The van der Waals surface area contributed by atoms with Crippen molar-refractivity contribution in [3.8, 4) is 22.8 Å². The zero-order chi connectivity index (χ0) is 33.2. The van der Waals surface area contributed by atoms with E-state index >= 15 is 0 Å². The van der Waals surface area contributed by atoms with Crippen LogP contribution in [0.5, 0.6) is 0 Å². The summed E-state index contributed by atoms with van der Waals surface area (Å²) in [6.45, 7) is 18.6. The van der Waals surface area contributed by atoms with Gasteiger partial charge in [-0.25, -0.2) is 0 Å². The second-order valence-corrected chi connectivity index (χ2v) is 23.7. The van der Waals surface area contributed by atoms with E-state index in [2.05, 4.69) is 140 Å². The summed E-state index contributed by atoms with van der Waals surface area (Å²) in [5.41, 5.74) is 3.83. The molecule has 4 aromatic heterocycles. The summed E-state index contributed by atoms with van der Waals surface area (Å²) in [5.74, 6) is 3.03. The molecule has 0 aromatic carbocycles. The number of rotatable bonds is 12. The first kappa shape index (κ1) is 39.7. The third-order valence-corrected chi connectivity index (χ3v) is 14.3. The van der Waals surface area contributed by atoms with E-state index in [1.807, 2.05) is 48.8 Å². The Hall–Kier alpha value is -1.49. The first-order chi connectivity index (χ1) is 21.5. The van der Waals surface area contributed by atoms with Gasteiger partial charge < -0.3 is 0 Å². The van der Waals surface area contributed by atoms with Gasteiger partial charge in [0.1, 0.15) is 0 Å². The molecule has 244 valence electrons. The fourth-order valence-electron chi connectivity index (χ4n) is 5.15. The van der Waals surface area contributed by atoms with Gasteiger partial charge in [-0.3, -0.25) is 19.9 Å². The molecule has 0 N–H and O–H groups in total. The molecule has 4 aromatic rings. The predicted octanol–water partition coefficient (Wildman–Crippen LogP) is 10.0. The average Bonchev–Trinajstić information content (AvgIpc) is 3.01. The van der Waals surface area contributed by atoms with Crippen LogP contribution in [0.3, 0.4) is 0 Å². The summed E-state index contributed by atoms with van der Waals surface area (Å²) in [5, 5.41) is 2.92. The van der Waals surface area contributed by atoms with Crippen LogP contribution in [0.15, 0.2) is 85.5 Å². The van der Waals surface area contributed by atoms with Crippen LogP contribution in [0.1, 0.15) is 55.4 Å². The van der Waals surface area contributed by atoms with Crippen LogP contribution in [-0.4, -0.2) is 37.5 Å². The molecule has 0 spiro atoms. The summed E-state index contributed by atoms with van der Waals surface area (Å²) in [4.78, 5) is 18.0. The van der Waals surface area contributed by atoms with E-state index in [0.717, 1.165) is 57.8 Å². The van der Waals surface area contributed by atoms with Crippen LogP contribution in [0.4, 0.5) is 0 Å². The topological polar surface area (TPSA) is 51.6 Å². The normalized spacial score (nSPS) is 11.3. The van der Waals surface area contributed by atoms with Crippen molar-refractivity contribution in [2.24, 2.45) is 23.7 Å². The van der Waals surface area contributed by atoms with Crippen molar-refractivity contribution in [3.05, 3.63) is 85.5 Å². The van der Waals surface area contributed by atoms with Gasteiger partial charge in [0.05, 0.1) is 40.4 Å². The van der Waals surface area contributed by atoms with Crippen molar-refractivity contribution in [1.29, 1.82) is 0 Å². The molecule has 4 heterocycles. The molecule has 0 saturated heterocycles. The molecule has 0 aliphatic carbocycles. The monoisotopic (exact) mass is 808 g/mol. The third kappa shape index (κ3) is 15.8. The molecule has 0 unspecified atom stereocenters. The molecule has 0 bridgehead atoms. The Labute approximate surface area is 296 Å². The Bertz CT molecular complexity index is 1190. The zero-order valence-electron chi connectivity index (χ0n) is 28.1. The van der Waals surface area contributed by atoms with Crippen LogP contribution in [0.2, 0.25) is 24.2 Å². The van der Waals surface area contributed by atoms with Crippen molar-refractivity contribution in [1.82, 2.24) is 19.9 Å². The summed E-state index contributed by atoms with van der Waals surface area (Å²) in [6, 6.07) is 26.0. The molecule has 0 aliphatic rings. The molecule has 45 heavy (non-hydrogen) atoms. The van der Waals surface area contributed by atoms with Gasteiger partial charge in [0, 0.05) is 24.8 Å². The summed E-state index contributed by atoms with van der Waals surface area (Å²) in [7, 11) is -1.00. The first-order valence-electron chi connectivity index (χ1n) is 15.8. The Morgan fingerprint density at radius 1 is 0.489 bits per heavy atom. The second-order valence-electron chi connectivity index (χ2n) is 12.9. The summed E-state index contributed by atoms with van der Waals surface area (Å²) < 4.78 is 0. The quantitative estimate of drug-likeness (QED) is 0.134. The Morgan fingerprint density at radius 3 is 1.02 bits per heavy atom. The number of hydrogen-bond acceptors (Lipinski definition) is 4. The Morgan fingerprint density at radius 2 is 0.800 bits per heavy atom. The van der Waals surface area contributed by atoms with Crippen molar-refractivity contribution in [3.63, 3.8) is 0 Å². The minimum atomic E-state index is -0.502. The number of halogens is 2. The molecule has 0 saturated carbocycles. The van der Waals surface area contributed by atoms with E-state index in [4.69, 9.17) is 0 Å². The van der Waals surface area contributed by atoms with Crippen LogP contribution in [0, 0.1) is 23.7 Å². The molecule has 0 fully saturated rings. The molecular weight excluding hydrogens is 760 g/mol. The van der Waals surface area contributed by atoms with Gasteiger partial charge in [0.25, 0.3) is 0 Å². The van der Waals surface area contributed by atoms with Gasteiger partial charge in [0.15, 0.2) is 0 Å². The summed E-state index contributed by atoms with van der Waals surface area (Å²) >= 11 is 7.00. The molecular formula is C36H50Br2FeN4Si2. The Kier molecular flexibility index (Phi) is 19.5. The van der Waals surface area contributed by atoms with Gasteiger partial charge in [-0.15, -0.1) is 0 Å². The van der Waals surface area contributed by atoms with E-state index in [-0.39, 0.29) is 0 Å². The van der Waals surface area contributed by atoms with Crippen molar-refractivity contribution in [2.75, 3.05) is 0 Å². The van der Waals surface area contributed by atoms with Gasteiger partial charge in [-0.2, -0.15) is 0 Å². The number of hydrogen-bond donors (Lipinski definition) is 0.